The smallest absolute Gasteiger partial charge is 0.808 e. The van der Waals surface area contributed by atoms with Gasteiger partial charge >= 0.3 is 94.6 Å². The van der Waals surface area contributed by atoms with Crippen LogP contribution in [-0.4, -0.2) is 9.78 Å². The Kier molecular flexibility index (Phi) is 21.6. The van der Waals surface area contributed by atoms with E-state index in [-0.39, 0.29) is 95.1 Å². The second-order valence-corrected chi connectivity index (χ2v) is 9.71. The van der Waals surface area contributed by atoms with Crippen molar-refractivity contribution in [1.29, 1.82) is 0 Å². The number of unbranched alkanes of at least 4 members (excludes halogenated alkanes) is 2. The van der Waals surface area contributed by atoms with Crippen LogP contribution in [0.1, 0.15) is 32.6 Å². The van der Waals surface area contributed by atoms with Crippen molar-refractivity contribution in [3.8, 4) is 0 Å². The Morgan fingerprint density at radius 3 is 1.91 bits per heavy atom. The average Bonchev–Trinajstić information content (AvgIpc) is 2.25. The fraction of sp³-hybridized carbons (Fsp3) is 0.857. The first-order valence-corrected chi connectivity index (χ1v) is 8.90. The molecule has 0 heterocycles. The van der Waals surface area contributed by atoms with Crippen LogP contribution in [0.25, 0.3) is 0 Å². The summed E-state index contributed by atoms with van der Waals surface area (Å²) in [6.07, 6.45) is 1.81. The first-order chi connectivity index (χ1) is 8.45. The van der Waals surface area contributed by atoms with Crippen LogP contribution in [0.2, 0.25) is 0 Å². The van der Waals surface area contributed by atoms with Crippen LogP contribution in [-0.2, 0) is 23.5 Å². The van der Waals surface area contributed by atoms with Crippen molar-refractivity contribution >= 4 is 44.4 Å². The molecule has 0 saturated heterocycles. The maximum absolute atomic E-state index is 11.2. The van der Waals surface area contributed by atoms with E-state index in [0.717, 1.165) is 6.42 Å². The number of hydrogen-bond donors (Lipinski definition) is 0. The van der Waals surface area contributed by atoms with Gasteiger partial charge in [0.2, 0.25) is 11.4 Å². The molecule has 1 unspecified atom stereocenters. The van der Waals surface area contributed by atoms with Crippen LogP contribution in [0.5, 0.6) is 0 Å². The van der Waals surface area contributed by atoms with E-state index in [0.29, 0.717) is 12.8 Å². The maximum atomic E-state index is 11.2. The molecular weight excluding hydrogens is 414 g/mol. The Labute approximate surface area is 204 Å². The Morgan fingerprint density at radius 1 is 1.09 bits per heavy atom. The molecule has 0 spiro atoms. The van der Waals surface area contributed by atoms with Gasteiger partial charge in [-0.1, -0.05) is 43.0 Å². The van der Waals surface area contributed by atoms with Gasteiger partial charge in [-0.3, -0.25) is 4.89 Å². The predicted octanol–water partition coefficient (Wildman–Crippen LogP) is -8.39. The minimum atomic E-state index is -5.94. The van der Waals surface area contributed by atoms with Crippen LogP contribution in [0, 0.1) is 0 Å². The Bertz CT molecular complexity index is 419. The van der Waals surface area contributed by atoms with Crippen molar-refractivity contribution < 1.29 is 127 Å². The molecular formula is C7H11Cl2Na3O8P2. The Morgan fingerprint density at radius 2 is 1.55 bits per heavy atom. The topological polar surface area (TPSA) is 139 Å². The van der Waals surface area contributed by atoms with E-state index in [2.05, 4.69) is 9.56 Å². The second-order valence-electron chi connectivity index (χ2n) is 3.49. The van der Waals surface area contributed by atoms with E-state index < -0.39 is 25.0 Å². The van der Waals surface area contributed by atoms with Gasteiger partial charge in [-0.2, -0.15) is 0 Å². The summed E-state index contributed by atoms with van der Waals surface area (Å²) in [5, 5.41) is 0. The Hall–Kier alpha value is 3.35. The summed E-state index contributed by atoms with van der Waals surface area (Å²) >= 11 is 9.80. The molecule has 0 aliphatic rings. The summed E-state index contributed by atoms with van der Waals surface area (Å²) in [5.41, 5.74) is 0. The molecule has 8 nitrogen and oxygen atoms in total. The van der Waals surface area contributed by atoms with Crippen molar-refractivity contribution in [2.75, 3.05) is 0 Å². The fourth-order valence-corrected chi connectivity index (χ4v) is 2.59. The zero-order valence-electron chi connectivity index (χ0n) is 12.7. The monoisotopic (exact) mass is 424 g/mol. The van der Waals surface area contributed by atoms with Crippen LogP contribution >= 0.6 is 38.4 Å². The standard InChI is InChI=1S/C7H14Cl2O8P2.3Na/c1-2-3-4-5-6(10)16-17-19(14,15)7(8,9)18(11,12)13;;;/h2-5H2,1H3,(H,14,15)(H2,11,12,13);;;/q;3*+1/p-3. The summed E-state index contributed by atoms with van der Waals surface area (Å²) in [7, 11) is -11.6. The number of carbonyl (C=O) groups excluding carboxylic acids is 1. The molecule has 0 radical (unpaired) electrons. The van der Waals surface area contributed by atoms with E-state index in [4.69, 9.17) is 23.2 Å². The van der Waals surface area contributed by atoms with Crippen molar-refractivity contribution in [3.05, 3.63) is 0 Å². The molecule has 1 atom stereocenters. The van der Waals surface area contributed by atoms with Gasteiger partial charge in [0.15, 0.2) is 0 Å². The average molecular weight is 425 g/mol. The number of hydrogen-bond acceptors (Lipinski definition) is 8. The van der Waals surface area contributed by atoms with Crippen LogP contribution < -0.4 is 103 Å². The van der Waals surface area contributed by atoms with Gasteiger partial charge in [0, 0.05) is 6.42 Å². The third-order valence-electron chi connectivity index (χ3n) is 1.87. The molecule has 0 N–H and O–H groups in total. The van der Waals surface area contributed by atoms with Gasteiger partial charge in [0.25, 0.3) is 0 Å². The van der Waals surface area contributed by atoms with Crippen molar-refractivity contribution in [2.45, 2.75) is 36.4 Å². The van der Waals surface area contributed by atoms with Gasteiger partial charge < -0.3 is 23.8 Å². The normalized spacial score (nSPS) is 13.7. The molecule has 114 valence electrons. The molecule has 0 rings (SSSR count). The van der Waals surface area contributed by atoms with E-state index in [9.17, 15) is 28.6 Å². The van der Waals surface area contributed by atoms with Gasteiger partial charge in [0.05, 0.1) is 0 Å². The molecule has 0 saturated carbocycles. The summed E-state index contributed by atoms with van der Waals surface area (Å²) in [6, 6.07) is 0. The van der Waals surface area contributed by atoms with Crippen LogP contribution in [0.4, 0.5) is 0 Å². The van der Waals surface area contributed by atoms with E-state index >= 15 is 0 Å². The predicted molar refractivity (Wildman–Crippen MR) is 61.0 cm³/mol. The van der Waals surface area contributed by atoms with Crippen molar-refractivity contribution in [2.24, 2.45) is 0 Å². The molecule has 0 fully saturated rings. The Balaban J connectivity index is -0.000000540. The summed E-state index contributed by atoms with van der Waals surface area (Å²) in [5.74, 6) is -1.06. The number of alkyl halides is 2. The zero-order chi connectivity index (χ0) is 15.3. The molecule has 0 aliphatic carbocycles. The quantitative estimate of drug-likeness (QED) is 0.0934. The first-order valence-electron chi connectivity index (χ1n) is 5.06. The summed E-state index contributed by atoms with van der Waals surface area (Å²) < 4.78 is 21.7. The van der Waals surface area contributed by atoms with Crippen LogP contribution in [0.15, 0.2) is 0 Å². The molecule has 22 heavy (non-hydrogen) atoms. The van der Waals surface area contributed by atoms with Crippen LogP contribution in [0.3, 0.4) is 0 Å². The summed E-state index contributed by atoms with van der Waals surface area (Å²) in [4.78, 5) is 47.2. The maximum Gasteiger partial charge on any atom is 1.00 e. The SMILES string of the molecule is CCCCCC(=O)OOP(=O)([O-])C(Cl)(Cl)P(=O)([O-])[O-].[Na+].[Na+].[Na+]. The molecule has 0 aromatic rings. The molecule has 0 aromatic carbocycles. The molecule has 15 heteroatoms. The summed E-state index contributed by atoms with van der Waals surface area (Å²) in [6.45, 7) is 1.88. The van der Waals surface area contributed by atoms with Gasteiger partial charge in [0.1, 0.15) is 0 Å². The largest absolute Gasteiger partial charge is 1.00 e. The fourth-order valence-electron chi connectivity index (χ4n) is 0.846. The van der Waals surface area contributed by atoms with Gasteiger partial charge in [-0.05, 0) is 14.0 Å². The number of halogens is 2. The molecule has 0 bridgehead atoms. The van der Waals surface area contributed by atoms with E-state index in [1.54, 1.807) is 0 Å². The third kappa shape index (κ3) is 11.1. The molecule has 0 aromatic heterocycles. The second kappa shape index (κ2) is 14.4. The van der Waals surface area contributed by atoms with Crippen molar-refractivity contribution in [1.82, 2.24) is 0 Å². The molecule has 0 amide bonds. The zero-order valence-corrected chi connectivity index (χ0v) is 22.0. The minimum absolute atomic E-state index is 0. The van der Waals surface area contributed by atoms with Crippen molar-refractivity contribution in [3.63, 3.8) is 0 Å². The van der Waals surface area contributed by atoms with E-state index in [1.165, 1.54) is 0 Å². The van der Waals surface area contributed by atoms with Gasteiger partial charge in [-0.15, -0.1) is 4.67 Å². The minimum Gasteiger partial charge on any atom is -0.808 e. The number of carbonyl (C=O) groups is 1. The van der Waals surface area contributed by atoms with E-state index in [1.807, 2.05) is 6.92 Å². The first kappa shape index (κ1) is 33.0. The van der Waals surface area contributed by atoms with Gasteiger partial charge in [-0.25, -0.2) is 4.79 Å². The third-order valence-corrected chi connectivity index (χ3v) is 7.41. The molecule has 0 aliphatic heterocycles. The number of rotatable bonds is 8.